The first-order valence-electron chi connectivity index (χ1n) is 7.62. The maximum absolute atomic E-state index is 13.9. The second kappa shape index (κ2) is 7.35. The van der Waals surface area contributed by atoms with Crippen molar-refractivity contribution < 1.29 is 31.1 Å². The number of sulfonamides is 1. The number of ether oxygens (including phenoxy) is 1. The van der Waals surface area contributed by atoms with Crippen molar-refractivity contribution in [3.8, 4) is 11.4 Å². The van der Waals surface area contributed by atoms with Crippen LogP contribution in [0.1, 0.15) is 10.5 Å². The van der Waals surface area contributed by atoms with Crippen LogP contribution in [0, 0.1) is 17.5 Å². The zero-order valence-corrected chi connectivity index (χ0v) is 15.0. The van der Waals surface area contributed by atoms with Gasteiger partial charge in [0.05, 0.1) is 7.11 Å². The normalized spacial score (nSPS) is 11.3. The van der Waals surface area contributed by atoms with E-state index in [0.717, 1.165) is 47.4 Å². The molecule has 0 aliphatic rings. The lowest BCUT2D eigenvalue weighted by Crippen LogP contribution is -2.31. The first kappa shape index (κ1) is 19.4. The summed E-state index contributed by atoms with van der Waals surface area (Å²) in [6.45, 7) is 0. The number of methoxy groups -OCH3 is 1. The third-order valence-corrected chi connectivity index (χ3v) is 5.01. The van der Waals surface area contributed by atoms with Crippen molar-refractivity contribution >= 4 is 15.9 Å². The maximum Gasteiger partial charge on any atom is 0.285 e. The summed E-state index contributed by atoms with van der Waals surface area (Å²) in [5.41, 5.74) is -0.940. The number of rotatable bonds is 5. The molecular weight excluding hydrogens is 399 g/mol. The number of aromatic nitrogens is 2. The van der Waals surface area contributed by atoms with E-state index in [-0.39, 0.29) is 5.75 Å². The molecular formula is C17H12F3N3O4S. The quantitative estimate of drug-likeness (QED) is 0.697. The van der Waals surface area contributed by atoms with E-state index in [9.17, 15) is 26.4 Å². The Balaban J connectivity index is 1.89. The summed E-state index contributed by atoms with van der Waals surface area (Å²) >= 11 is 0. The molecule has 0 aliphatic carbocycles. The summed E-state index contributed by atoms with van der Waals surface area (Å²) in [6, 6.07) is 6.16. The van der Waals surface area contributed by atoms with Crippen LogP contribution in [0.15, 0.2) is 53.8 Å². The fourth-order valence-corrected chi connectivity index (χ4v) is 3.40. The fraction of sp³-hybridized carbons (Fsp3) is 0.0588. The van der Waals surface area contributed by atoms with Crippen molar-refractivity contribution in [1.29, 1.82) is 0 Å². The van der Waals surface area contributed by atoms with E-state index >= 15 is 0 Å². The molecule has 3 rings (SSSR count). The molecule has 3 aromatic rings. The highest BCUT2D eigenvalue weighted by Gasteiger charge is 2.25. The molecule has 1 aromatic heterocycles. The number of carbonyl (C=O) groups excluding carboxylic acids is 1. The zero-order chi connectivity index (χ0) is 20.5. The van der Waals surface area contributed by atoms with Crippen molar-refractivity contribution in [2.45, 2.75) is 4.90 Å². The Morgan fingerprint density at radius 1 is 1.11 bits per heavy atom. The second-order valence-electron chi connectivity index (χ2n) is 5.47. The third-order valence-electron chi connectivity index (χ3n) is 3.67. The highest BCUT2D eigenvalue weighted by Crippen LogP contribution is 2.21. The Bertz CT molecular complexity index is 1140. The fourth-order valence-electron chi connectivity index (χ4n) is 2.34. The molecule has 2 aromatic carbocycles. The van der Waals surface area contributed by atoms with Crippen LogP contribution in [0.25, 0.3) is 5.69 Å². The Morgan fingerprint density at radius 3 is 2.43 bits per heavy atom. The molecule has 0 radical (unpaired) electrons. The summed E-state index contributed by atoms with van der Waals surface area (Å²) in [5.74, 6) is -4.06. The number of amides is 1. The minimum atomic E-state index is -4.59. The molecule has 0 fully saturated rings. The Hall–Kier alpha value is -3.34. The van der Waals surface area contributed by atoms with Gasteiger partial charge in [-0.1, -0.05) is 6.07 Å². The van der Waals surface area contributed by atoms with Gasteiger partial charge in [-0.15, -0.1) is 0 Å². The topological polar surface area (TPSA) is 90.3 Å². The van der Waals surface area contributed by atoms with Crippen LogP contribution in [0.2, 0.25) is 0 Å². The van der Waals surface area contributed by atoms with Gasteiger partial charge in [0.2, 0.25) is 0 Å². The lowest BCUT2D eigenvalue weighted by atomic mass is 10.3. The number of para-hydroxylation sites is 1. The zero-order valence-electron chi connectivity index (χ0n) is 14.2. The van der Waals surface area contributed by atoms with Crippen molar-refractivity contribution in [3.63, 3.8) is 0 Å². The Labute approximate surface area is 157 Å². The highest BCUT2D eigenvalue weighted by atomic mass is 32.2. The third kappa shape index (κ3) is 3.69. The van der Waals surface area contributed by atoms with Gasteiger partial charge in [-0.05, 0) is 24.3 Å². The maximum atomic E-state index is 13.9. The first-order chi connectivity index (χ1) is 13.2. The van der Waals surface area contributed by atoms with E-state index in [2.05, 4.69) is 4.98 Å². The number of carbonyl (C=O) groups is 1. The number of hydrogen-bond acceptors (Lipinski definition) is 5. The van der Waals surface area contributed by atoms with Crippen LogP contribution >= 0.6 is 0 Å². The molecule has 146 valence electrons. The molecule has 1 amide bonds. The van der Waals surface area contributed by atoms with Crippen LogP contribution in [0.4, 0.5) is 13.2 Å². The highest BCUT2D eigenvalue weighted by molar-refractivity contribution is 7.90. The second-order valence-corrected chi connectivity index (χ2v) is 7.12. The smallest absolute Gasteiger partial charge is 0.285 e. The SMILES string of the molecule is COc1ccc(F)c(S(=O)(=O)NC(=O)c2cn(-c3c(F)cccc3F)cn2)c1. The van der Waals surface area contributed by atoms with Gasteiger partial charge in [0.25, 0.3) is 15.9 Å². The van der Waals surface area contributed by atoms with Crippen LogP contribution in [0.3, 0.4) is 0 Å². The molecule has 1 heterocycles. The van der Waals surface area contributed by atoms with E-state index in [1.807, 2.05) is 0 Å². The number of nitrogens with zero attached hydrogens (tertiary/aromatic N) is 2. The van der Waals surface area contributed by atoms with E-state index in [1.54, 1.807) is 4.72 Å². The first-order valence-corrected chi connectivity index (χ1v) is 9.10. The summed E-state index contributed by atoms with van der Waals surface area (Å²) in [5, 5.41) is 0. The molecule has 0 aliphatic heterocycles. The molecule has 0 saturated carbocycles. The van der Waals surface area contributed by atoms with Gasteiger partial charge in [-0.2, -0.15) is 0 Å². The van der Waals surface area contributed by atoms with Crippen molar-refractivity contribution in [2.75, 3.05) is 7.11 Å². The van der Waals surface area contributed by atoms with Crippen LogP contribution < -0.4 is 9.46 Å². The van der Waals surface area contributed by atoms with Crippen LogP contribution in [-0.2, 0) is 10.0 Å². The van der Waals surface area contributed by atoms with Crippen LogP contribution in [-0.4, -0.2) is 31.0 Å². The number of halogens is 3. The average Bonchev–Trinajstić information content (AvgIpc) is 3.11. The summed E-state index contributed by atoms with van der Waals surface area (Å²) < 4.78 is 73.5. The largest absolute Gasteiger partial charge is 0.497 e. The Morgan fingerprint density at radius 2 is 1.79 bits per heavy atom. The lowest BCUT2D eigenvalue weighted by Gasteiger charge is -2.08. The van der Waals surface area contributed by atoms with E-state index < -0.39 is 49.7 Å². The van der Waals surface area contributed by atoms with Gasteiger partial charge >= 0.3 is 0 Å². The summed E-state index contributed by atoms with van der Waals surface area (Å²) in [6.07, 6.45) is 1.88. The number of nitrogens with one attached hydrogen (secondary N) is 1. The van der Waals surface area contributed by atoms with Gasteiger partial charge in [0.15, 0.2) is 0 Å². The predicted octanol–water partition coefficient (Wildman–Crippen LogP) is 2.42. The monoisotopic (exact) mass is 411 g/mol. The number of imidazole rings is 1. The van der Waals surface area contributed by atoms with E-state index in [0.29, 0.717) is 0 Å². The lowest BCUT2D eigenvalue weighted by molar-refractivity contribution is 0.0977. The molecule has 11 heteroatoms. The van der Waals surface area contributed by atoms with Crippen molar-refractivity contribution in [3.05, 3.63) is 72.1 Å². The molecule has 0 unspecified atom stereocenters. The van der Waals surface area contributed by atoms with Gasteiger partial charge < -0.3 is 9.30 Å². The summed E-state index contributed by atoms with van der Waals surface area (Å²) in [4.78, 5) is 15.0. The van der Waals surface area contributed by atoms with Crippen LogP contribution in [0.5, 0.6) is 5.75 Å². The van der Waals surface area contributed by atoms with Gasteiger partial charge in [0.1, 0.15) is 45.8 Å². The van der Waals surface area contributed by atoms with Gasteiger partial charge in [-0.3, -0.25) is 4.79 Å². The van der Waals surface area contributed by atoms with Gasteiger partial charge in [0, 0.05) is 12.3 Å². The molecule has 0 spiro atoms. The number of benzene rings is 2. The van der Waals surface area contributed by atoms with Gasteiger partial charge in [-0.25, -0.2) is 31.3 Å². The molecule has 28 heavy (non-hydrogen) atoms. The molecule has 1 N–H and O–H groups in total. The van der Waals surface area contributed by atoms with Crippen molar-refractivity contribution in [2.24, 2.45) is 0 Å². The number of hydrogen-bond donors (Lipinski definition) is 1. The molecule has 0 saturated heterocycles. The molecule has 7 nitrogen and oxygen atoms in total. The average molecular weight is 411 g/mol. The minimum Gasteiger partial charge on any atom is -0.497 e. The van der Waals surface area contributed by atoms with Crippen molar-refractivity contribution in [1.82, 2.24) is 14.3 Å². The van der Waals surface area contributed by atoms with E-state index in [1.165, 1.54) is 13.2 Å². The standard InChI is InChI=1S/C17H12F3N3O4S/c1-27-10-5-6-11(18)15(7-10)28(25,26)22-17(24)14-8-23(9-21-14)16-12(19)3-2-4-13(16)20/h2-9H,1H3,(H,22,24). The molecule has 0 atom stereocenters. The predicted molar refractivity (Wildman–Crippen MR) is 91.1 cm³/mol. The minimum absolute atomic E-state index is 0.0635. The summed E-state index contributed by atoms with van der Waals surface area (Å²) in [7, 11) is -3.33. The van der Waals surface area contributed by atoms with E-state index in [4.69, 9.17) is 4.74 Å². The molecule has 0 bridgehead atoms. The Kier molecular flexibility index (Phi) is 5.10.